The van der Waals surface area contributed by atoms with E-state index in [0.717, 1.165) is 6.42 Å². The average molecular weight is 287 g/mol. The summed E-state index contributed by atoms with van der Waals surface area (Å²) >= 11 is 0. The van der Waals surface area contributed by atoms with E-state index in [1.54, 1.807) is 23.0 Å². The van der Waals surface area contributed by atoms with E-state index >= 15 is 0 Å². The summed E-state index contributed by atoms with van der Waals surface area (Å²) in [5.74, 6) is 0.360. The number of benzene rings is 1. The molecule has 1 aromatic carbocycles. The zero-order chi connectivity index (χ0) is 14.7. The van der Waals surface area contributed by atoms with Gasteiger partial charge in [0, 0.05) is 12.2 Å². The van der Waals surface area contributed by atoms with Crippen LogP contribution in [0.15, 0.2) is 36.7 Å². The molecule has 0 radical (unpaired) electrons. The van der Waals surface area contributed by atoms with Crippen molar-refractivity contribution in [2.45, 2.75) is 6.42 Å². The third-order valence-electron chi connectivity index (χ3n) is 3.07. The van der Waals surface area contributed by atoms with Gasteiger partial charge in [0.05, 0.1) is 12.4 Å². The second-order valence-corrected chi connectivity index (χ2v) is 4.49. The Labute approximate surface area is 120 Å². The fraction of sp³-hybridized carbons (Fsp3) is 0.231. The molecule has 0 aliphatic rings. The van der Waals surface area contributed by atoms with Crippen molar-refractivity contribution in [3.8, 4) is 0 Å². The number of nitrogens with zero attached hydrogens (tertiary/aromatic N) is 6. The third-order valence-corrected chi connectivity index (χ3v) is 3.07. The largest absolute Gasteiger partial charge is 0.330 e. The van der Waals surface area contributed by atoms with Crippen LogP contribution in [0.3, 0.4) is 0 Å². The Kier molecular flexibility index (Phi) is 3.69. The van der Waals surface area contributed by atoms with E-state index in [9.17, 15) is 4.39 Å². The summed E-state index contributed by atoms with van der Waals surface area (Å²) in [6.45, 7) is 1.14. The summed E-state index contributed by atoms with van der Waals surface area (Å²) in [5.41, 5.74) is 6.82. The lowest BCUT2D eigenvalue weighted by molar-refractivity contribution is 0.627. The summed E-state index contributed by atoms with van der Waals surface area (Å²) in [7, 11) is 0. The van der Waals surface area contributed by atoms with E-state index in [1.165, 1.54) is 12.1 Å². The van der Waals surface area contributed by atoms with E-state index in [2.05, 4.69) is 20.5 Å². The topological polar surface area (TPSA) is 85.2 Å². The van der Waals surface area contributed by atoms with Crippen LogP contribution < -0.4 is 10.6 Å². The lowest BCUT2D eigenvalue weighted by Crippen LogP contribution is -2.23. The number of halogens is 1. The minimum Gasteiger partial charge on any atom is -0.330 e. The monoisotopic (exact) mass is 287 g/mol. The molecule has 0 aliphatic heterocycles. The molecular weight excluding hydrogens is 273 g/mol. The molecule has 21 heavy (non-hydrogen) atoms. The summed E-state index contributed by atoms with van der Waals surface area (Å²) in [6, 6.07) is 6.34. The predicted octanol–water partition coefficient (Wildman–Crippen LogP) is 1.15. The lowest BCUT2D eigenvalue weighted by Gasteiger charge is -2.24. The molecule has 0 amide bonds. The molecule has 0 bridgehead atoms. The van der Waals surface area contributed by atoms with E-state index < -0.39 is 0 Å². The lowest BCUT2D eigenvalue weighted by atomic mass is 10.2. The van der Waals surface area contributed by atoms with Crippen LogP contribution in [-0.2, 0) is 0 Å². The fourth-order valence-corrected chi connectivity index (χ4v) is 2.12. The molecule has 0 unspecified atom stereocenters. The fourth-order valence-electron chi connectivity index (χ4n) is 2.12. The molecule has 8 heteroatoms. The second kappa shape index (κ2) is 5.80. The molecule has 0 fully saturated rings. The van der Waals surface area contributed by atoms with Crippen molar-refractivity contribution in [2.75, 3.05) is 18.0 Å². The minimum absolute atomic E-state index is 0.304. The number of rotatable bonds is 5. The van der Waals surface area contributed by atoms with Crippen LogP contribution in [0, 0.1) is 5.82 Å². The standard InChI is InChI=1S/C13H14FN7/c14-10-3-1-4-11(7-10)20(6-2-5-15)13-9-16-8-12-17-18-19-21(12)13/h1,3-4,7-9H,2,5-6,15H2. The maximum absolute atomic E-state index is 13.5. The molecule has 0 saturated carbocycles. The van der Waals surface area contributed by atoms with Gasteiger partial charge in [0.2, 0.25) is 0 Å². The van der Waals surface area contributed by atoms with Crippen molar-refractivity contribution >= 4 is 17.2 Å². The second-order valence-electron chi connectivity index (χ2n) is 4.49. The zero-order valence-electron chi connectivity index (χ0n) is 11.2. The first kappa shape index (κ1) is 13.4. The van der Waals surface area contributed by atoms with Crippen LogP contribution in [0.2, 0.25) is 0 Å². The van der Waals surface area contributed by atoms with Crippen molar-refractivity contribution in [3.63, 3.8) is 0 Å². The molecule has 108 valence electrons. The van der Waals surface area contributed by atoms with Crippen molar-refractivity contribution in [1.29, 1.82) is 0 Å². The summed E-state index contributed by atoms with van der Waals surface area (Å²) in [5, 5.41) is 11.4. The Balaban J connectivity index is 2.08. The third kappa shape index (κ3) is 2.65. The molecule has 0 atom stereocenters. The first-order valence-electron chi connectivity index (χ1n) is 6.55. The first-order chi connectivity index (χ1) is 10.3. The number of hydrogen-bond donors (Lipinski definition) is 1. The predicted molar refractivity (Wildman–Crippen MR) is 75.7 cm³/mol. The Hall–Kier alpha value is -2.61. The number of fused-ring (bicyclic) bond motifs is 1. The Morgan fingerprint density at radius 2 is 2.19 bits per heavy atom. The number of hydrogen-bond acceptors (Lipinski definition) is 6. The van der Waals surface area contributed by atoms with E-state index in [-0.39, 0.29) is 5.82 Å². The van der Waals surface area contributed by atoms with Crippen molar-refractivity contribution in [2.24, 2.45) is 5.73 Å². The average Bonchev–Trinajstić information content (AvgIpc) is 2.97. The highest BCUT2D eigenvalue weighted by Gasteiger charge is 2.15. The quantitative estimate of drug-likeness (QED) is 0.757. The van der Waals surface area contributed by atoms with Gasteiger partial charge in [0.1, 0.15) is 5.82 Å². The maximum atomic E-state index is 13.5. The Morgan fingerprint density at radius 1 is 1.29 bits per heavy atom. The van der Waals surface area contributed by atoms with Gasteiger partial charge in [-0.05, 0) is 41.6 Å². The van der Waals surface area contributed by atoms with Gasteiger partial charge >= 0.3 is 0 Å². The number of anilines is 2. The van der Waals surface area contributed by atoms with E-state index in [1.807, 2.05) is 11.0 Å². The Bertz CT molecular complexity index is 742. The van der Waals surface area contributed by atoms with Crippen LogP contribution in [0.1, 0.15) is 6.42 Å². The Morgan fingerprint density at radius 3 is 3.00 bits per heavy atom. The summed E-state index contributed by atoms with van der Waals surface area (Å²) < 4.78 is 15.1. The van der Waals surface area contributed by atoms with E-state index in [0.29, 0.717) is 30.2 Å². The van der Waals surface area contributed by atoms with Gasteiger partial charge in [-0.15, -0.1) is 5.10 Å². The van der Waals surface area contributed by atoms with Crippen LogP contribution in [0.25, 0.3) is 5.65 Å². The number of tetrazole rings is 1. The summed E-state index contributed by atoms with van der Waals surface area (Å²) in [4.78, 5) is 6.03. The van der Waals surface area contributed by atoms with Gasteiger partial charge in [-0.25, -0.2) is 4.39 Å². The van der Waals surface area contributed by atoms with Gasteiger partial charge in [-0.2, -0.15) is 4.52 Å². The molecule has 2 N–H and O–H groups in total. The van der Waals surface area contributed by atoms with Crippen LogP contribution in [-0.4, -0.2) is 38.1 Å². The maximum Gasteiger partial charge on any atom is 0.199 e. The molecule has 0 spiro atoms. The smallest absolute Gasteiger partial charge is 0.199 e. The highest BCUT2D eigenvalue weighted by atomic mass is 19.1. The molecule has 3 aromatic rings. The van der Waals surface area contributed by atoms with Crippen LogP contribution in [0.5, 0.6) is 0 Å². The van der Waals surface area contributed by atoms with E-state index in [4.69, 9.17) is 5.73 Å². The molecule has 2 aromatic heterocycles. The molecule has 7 nitrogen and oxygen atoms in total. The molecular formula is C13H14FN7. The number of nitrogens with two attached hydrogens (primary N) is 1. The van der Waals surface area contributed by atoms with Gasteiger partial charge in [0.25, 0.3) is 0 Å². The minimum atomic E-state index is -0.304. The van der Waals surface area contributed by atoms with Crippen LogP contribution in [0.4, 0.5) is 15.9 Å². The SMILES string of the molecule is NCCCN(c1cccc(F)c1)c1cncc2nnnn12. The van der Waals surface area contributed by atoms with Gasteiger partial charge < -0.3 is 10.6 Å². The number of aromatic nitrogens is 5. The molecule has 0 aliphatic carbocycles. The normalized spacial score (nSPS) is 11.0. The van der Waals surface area contributed by atoms with Crippen molar-refractivity contribution < 1.29 is 4.39 Å². The molecule has 0 saturated heterocycles. The van der Waals surface area contributed by atoms with Crippen LogP contribution >= 0.6 is 0 Å². The van der Waals surface area contributed by atoms with Gasteiger partial charge in [0.15, 0.2) is 11.5 Å². The van der Waals surface area contributed by atoms with Gasteiger partial charge in [-0.3, -0.25) is 4.98 Å². The zero-order valence-corrected chi connectivity index (χ0v) is 11.2. The van der Waals surface area contributed by atoms with Crippen molar-refractivity contribution in [3.05, 3.63) is 42.5 Å². The van der Waals surface area contributed by atoms with Gasteiger partial charge in [-0.1, -0.05) is 6.07 Å². The highest BCUT2D eigenvalue weighted by Crippen LogP contribution is 2.25. The highest BCUT2D eigenvalue weighted by molar-refractivity contribution is 5.61. The van der Waals surface area contributed by atoms with Crippen molar-refractivity contribution in [1.82, 2.24) is 25.0 Å². The first-order valence-corrected chi connectivity index (χ1v) is 6.55. The molecule has 2 heterocycles. The summed E-state index contributed by atoms with van der Waals surface area (Å²) in [6.07, 6.45) is 3.95. The molecule has 3 rings (SSSR count).